The number of nitro groups is 2. The highest BCUT2D eigenvalue weighted by atomic mass is 32.1. The maximum atomic E-state index is 12.9. The number of fused-ring (bicyclic) bond motifs is 3. The van der Waals surface area contributed by atoms with E-state index in [1.807, 2.05) is 119 Å². The molecule has 17 rings (SSSR count). The lowest BCUT2D eigenvalue weighted by molar-refractivity contribution is -0.385. The van der Waals surface area contributed by atoms with Gasteiger partial charge in [0.15, 0.2) is 0 Å². The van der Waals surface area contributed by atoms with Crippen LogP contribution in [-0.2, 0) is 49.7 Å². The summed E-state index contributed by atoms with van der Waals surface area (Å²) in [5, 5.41) is 30.4. The highest BCUT2D eigenvalue weighted by Gasteiger charge is 2.31. The summed E-state index contributed by atoms with van der Waals surface area (Å²) in [7, 11) is 0. The number of non-ortho nitro benzene ring substituents is 2. The zero-order valence-corrected chi connectivity index (χ0v) is 73.0. The first-order chi connectivity index (χ1) is 63.4. The minimum atomic E-state index is -0.621. The predicted octanol–water partition coefficient (Wildman–Crippen LogP) is 23.2. The number of ketones is 5. The molecule has 130 heavy (non-hydrogen) atoms. The van der Waals surface area contributed by atoms with Gasteiger partial charge < -0.3 is 23.7 Å². The molecule has 5 aromatic heterocycles. The lowest BCUT2D eigenvalue weighted by atomic mass is 9.98. The van der Waals surface area contributed by atoms with Crippen molar-refractivity contribution < 1.29 is 81.5 Å². The molecule has 1 aliphatic rings. The number of hydrogen-bond acceptors (Lipinski definition) is 24. The van der Waals surface area contributed by atoms with Gasteiger partial charge in [-0.2, -0.15) is 0 Å². The van der Waals surface area contributed by atoms with Gasteiger partial charge in [0.2, 0.25) is 28.9 Å². The molecule has 11 aromatic carbocycles. The van der Waals surface area contributed by atoms with Crippen LogP contribution in [0.15, 0.2) is 367 Å². The summed E-state index contributed by atoms with van der Waals surface area (Å²) >= 11 is 6.70. The molecule has 1 aliphatic carbocycles. The summed E-state index contributed by atoms with van der Waals surface area (Å²) in [6.07, 6.45) is 1.07. The molecular formula is C104H76N2O19S5. The number of thiophene rings is 5. The van der Waals surface area contributed by atoms with E-state index in [2.05, 4.69) is 24.3 Å². The lowest BCUT2D eigenvalue weighted by Crippen LogP contribution is -2.16. The van der Waals surface area contributed by atoms with E-state index in [9.17, 15) is 68.2 Å². The molecule has 0 saturated heterocycles. The quantitative estimate of drug-likeness (QED) is 0.0138. The summed E-state index contributed by atoms with van der Waals surface area (Å²) in [5.41, 5.74) is 11.1. The fraction of sp³-hybridized carbons (Fsp3) is 0.0769. The second kappa shape index (κ2) is 46.1. The minimum Gasteiger partial charge on any atom is -0.462 e. The number of nitro benzene ring substituents is 2. The van der Waals surface area contributed by atoms with Gasteiger partial charge in [0, 0.05) is 70.8 Å². The number of carbonyl (C=O) groups is 10. The van der Waals surface area contributed by atoms with Gasteiger partial charge in [-0.15, -0.1) is 56.7 Å². The van der Waals surface area contributed by atoms with E-state index in [0.29, 0.717) is 81.7 Å². The Bertz CT molecular complexity index is 6600. The van der Waals surface area contributed by atoms with Gasteiger partial charge in [0.25, 0.3) is 11.4 Å². The summed E-state index contributed by atoms with van der Waals surface area (Å²) in [5.74, 6) is -3.56. The molecule has 0 unspecified atom stereocenters. The van der Waals surface area contributed by atoms with Crippen molar-refractivity contribution in [1.29, 1.82) is 0 Å². The number of esters is 5. The van der Waals surface area contributed by atoms with Crippen molar-refractivity contribution in [3.8, 4) is 11.1 Å². The molecule has 0 radical (unpaired) electrons. The third-order valence-electron chi connectivity index (χ3n) is 20.0. The van der Waals surface area contributed by atoms with Gasteiger partial charge in [0.1, 0.15) is 19.8 Å². The Morgan fingerprint density at radius 3 is 0.777 bits per heavy atom. The summed E-state index contributed by atoms with van der Waals surface area (Å²) < 4.78 is 27.0. The van der Waals surface area contributed by atoms with E-state index in [4.69, 9.17) is 23.7 Å². The van der Waals surface area contributed by atoms with Crippen molar-refractivity contribution in [3.05, 3.63) is 500 Å². The average molecular weight is 1820 g/mol. The van der Waals surface area contributed by atoms with E-state index >= 15 is 0 Å². The standard InChI is InChI=1S/C26H18O3S.C20H15NO5S.C20H16O3S.C19H13NO5S.C19H14O3S/c27-25(24-14-7-15-30-24)21-12-5-6-13-22(21)26(28)29-16-23-19-10-3-1-8-17(19)18-9-2-4-11-20(18)23;22-19(18-6-3-13-27-18)16-4-1-2-5-17(16)20(23)26-12-11-14-7-9-15(10-8-14)21(24)25;21-19(18-11-6-14-24-18)16-9-4-5-10-17(16)20(22)23-13-12-15-7-2-1-3-8-15;21-18(17-6-3-11-26-17)15-4-1-2-5-16(15)19(22)25-12-13-7-9-14(10-8-13)20(23)24;20-18(17-11-6-12-23-17)15-9-4-5-10-16(15)19(21)22-13-14-7-2-1-3-8-14/h1-15,23H,16H2;1-10,13H,11-12H2;1-11,14H,12-13H2;1-11H,12H2;1-12H,13H2. The third kappa shape index (κ3) is 24.3. The van der Waals surface area contributed by atoms with Crippen LogP contribution in [0, 0.1) is 20.2 Å². The Kier molecular flexibility index (Phi) is 32.6. The van der Waals surface area contributed by atoms with Crippen LogP contribution >= 0.6 is 56.7 Å². The van der Waals surface area contributed by atoms with Crippen LogP contribution in [0.1, 0.15) is 167 Å². The molecule has 0 atom stereocenters. The van der Waals surface area contributed by atoms with E-state index in [0.717, 1.165) is 27.8 Å². The average Bonchev–Trinajstić information content (AvgIpc) is 1.61. The molecule has 21 nitrogen and oxygen atoms in total. The number of rotatable bonds is 29. The second-order valence-electron chi connectivity index (χ2n) is 28.3. The molecule has 0 aliphatic heterocycles. The van der Waals surface area contributed by atoms with Gasteiger partial charge in [-0.25, -0.2) is 24.0 Å². The Balaban J connectivity index is 0.000000139. The summed E-state index contributed by atoms with van der Waals surface area (Å²) in [6, 6.07) is 98.6. The topological polar surface area (TPSA) is 303 Å². The van der Waals surface area contributed by atoms with Gasteiger partial charge >= 0.3 is 29.8 Å². The van der Waals surface area contributed by atoms with Gasteiger partial charge in [-0.3, -0.25) is 44.2 Å². The van der Waals surface area contributed by atoms with E-state index < -0.39 is 39.7 Å². The molecule has 0 saturated carbocycles. The molecule has 646 valence electrons. The normalized spacial score (nSPS) is 10.8. The summed E-state index contributed by atoms with van der Waals surface area (Å²) in [4.78, 5) is 149. The fourth-order valence-electron chi connectivity index (χ4n) is 13.5. The Hall–Kier alpha value is -15.6. The van der Waals surface area contributed by atoms with Gasteiger partial charge in [-0.1, -0.05) is 243 Å². The smallest absolute Gasteiger partial charge is 0.339 e. The van der Waals surface area contributed by atoms with Crippen molar-refractivity contribution in [3.63, 3.8) is 0 Å². The molecule has 0 bridgehead atoms. The molecule has 0 spiro atoms. The van der Waals surface area contributed by atoms with Crippen LogP contribution in [0.2, 0.25) is 0 Å². The number of benzene rings is 11. The SMILES string of the molecule is O=C(OCC1c2ccccc2-c2ccccc21)c1ccccc1C(=O)c1cccs1.O=C(OCCc1ccc([N+](=O)[O-])cc1)c1ccccc1C(=O)c1cccs1.O=C(OCCc1ccccc1)c1ccccc1C(=O)c1cccs1.O=C(OCc1ccc([N+](=O)[O-])cc1)c1ccccc1C(=O)c1cccs1.O=C(OCc1ccccc1)c1ccccc1C(=O)c1cccs1. The van der Waals surface area contributed by atoms with Crippen molar-refractivity contribution >= 4 is 127 Å². The number of hydrogen-bond donors (Lipinski definition) is 0. The number of nitrogens with zero attached hydrogens (tertiary/aromatic N) is 2. The highest BCUT2D eigenvalue weighted by Crippen LogP contribution is 2.45. The zero-order valence-electron chi connectivity index (χ0n) is 68.9. The molecule has 0 N–H and O–H groups in total. The first-order valence-corrected chi connectivity index (χ1v) is 44.7. The van der Waals surface area contributed by atoms with E-state index in [1.165, 1.54) is 104 Å². The Morgan fingerprint density at radius 2 is 0.485 bits per heavy atom. The van der Waals surface area contributed by atoms with Gasteiger partial charge in [-0.05, 0) is 144 Å². The fourth-order valence-corrected chi connectivity index (χ4v) is 16.9. The molecule has 16 aromatic rings. The largest absolute Gasteiger partial charge is 0.462 e. The number of ether oxygens (including phenoxy) is 5. The van der Waals surface area contributed by atoms with E-state index in [-0.39, 0.29) is 95.9 Å². The van der Waals surface area contributed by atoms with Crippen molar-refractivity contribution in [2.75, 3.05) is 19.8 Å². The lowest BCUT2D eigenvalue weighted by Gasteiger charge is -2.15. The second-order valence-corrected chi connectivity index (χ2v) is 33.1. The first kappa shape index (κ1) is 92.1. The Labute approximate surface area is 766 Å². The highest BCUT2D eigenvalue weighted by molar-refractivity contribution is 7.13. The predicted molar refractivity (Wildman–Crippen MR) is 500 cm³/mol. The van der Waals surface area contributed by atoms with Crippen LogP contribution in [-0.4, -0.2) is 88.4 Å². The van der Waals surface area contributed by atoms with E-state index in [1.54, 1.807) is 187 Å². The van der Waals surface area contributed by atoms with Crippen molar-refractivity contribution in [2.45, 2.75) is 32.0 Å². The Morgan fingerprint density at radius 1 is 0.246 bits per heavy atom. The zero-order chi connectivity index (χ0) is 91.1. The molecule has 0 amide bonds. The summed E-state index contributed by atoms with van der Waals surface area (Å²) in [6.45, 7) is 0.760. The molecule has 5 heterocycles. The minimum absolute atomic E-state index is 0.0109. The third-order valence-corrected chi connectivity index (χ3v) is 24.3. The van der Waals surface area contributed by atoms with Crippen LogP contribution in [0.4, 0.5) is 11.4 Å². The maximum absolute atomic E-state index is 12.9. The molecule has 26 heteroatoms. The van der Waals surface area contributed by atoms with Crippen molar-refractivity contribution in [2.24, 2.45) is 0 Å². The molecule has 0 fully saturated rings. The molecular weight excluding hydrogens is 1740 g/mol. The van der Waals surface area contributed by atoms with Crippen LogP contribution in [0.3, 0.4) is 0 Å². The van der Waals surface area contributed by atoms with Crippen LogP contribution < -0.4 is 0 Å². The van der Waals surface area contributed by atoms with Crippen molar-refractivity contribution in [1.82, 2.24) is 0 Å². The van der Waals surface area contributed by atoms with Crippen LogP contribution in [0.5, 0.6) is 0 Å². The monoisotopic (exact) mass is 1820 g/mol. The van der Waals surface area contributed by atoms with Gasteiger partial charge in [0.05, 0.1) is 75.3 Å². The first-order valence-electron chi connectivity index (χ1n) is 40.3. The number of carbonyl (C=O) groups excluding carboxylic acids is 10. The maximum Gasteiger partial charge on any atom is 0.339 e. The van der Waals surface area contributed by atoms with Crippen LogP contribution in [0.25, 0.3) is 11.1 Å².